The first-order chi connectivity index (χ1) is 8.66. The van der Waals surface area contributed by atoms with Gasteiger partial charge < -0.3 is 20.9 Å². The molecular formula is C13H18N2O3. The first-order valence-electron chi connectivity index (χ1n) is 6.06. The maximum Gasteiger partial charge on any atom is 0.320 e. The first kappa shape index (κ1) is 13.0. The van der Waals surface area contributed by atoms with Crippen molar-refractivity contribution in [2.24, 2.45) is 5.73 Å². The van der Waals surface area contributed by atoms with Gasteiger partial charge in [-0.15, -0.1) is 0 Å². The summed E-state index contributed by atoms with van der Waals surface area (Å²) in [4.78, 5) is 10.7. The van der Waals surface area contributed by atoms with Crippen LogP contribution in [0.4, 0.5) is 0 Å². The number of morpholine rings is 1. The normalized spacial score (nSPS) is 21.5. The largest absolute Gasteiger partial charge is 0.480 e. The Hall–Kier alpha value is -1.43. The number of carboxylic acid groups (broad SMARTS) is 1. The van der Waals surface area contributed by atoms with Crippen molar-refractivity contribution < 1.29 is 14.6 Å². The van der Waals surface area contributed by atoms with Gasteiger partial charge in [-0.05, 0) is 17.5 Å². The molecule has 1 unspecified atom stereocenters. The molecule has 1 fully saturated rings. The van der Waals surface area contributed by atoms with E-state index in [9.17, 15) is 4.79 Å². The third-order valence-electron chi connectivity index (χ3n) is 3.05. The lowest BCUT2D eigenvalue weighted by Crippen LogP contribution is -2.33. The van der Waals surface area contributed by atoms with Gasteiger partial charge in [-0.1, -0.05) is 24.3 Å². The van der Waals surface area contributed by atoms with E-state index in [1.165, 1.54) is 0 Å². The zero-order chi connectivity index (χ0) is 13.0. The number of nitrogens with two attached hydrogens (primary N) is 1. The highest BCUT2D eigenvalue weighted by Crippen LogP contribution is 2.19. The second kappa shape index (κ2) is 5.95. The Bertz CT molecular complexity index is 399. The van der Waals surface area contributed by atoms with Gasteiger partial charge in [0.05, 0.1) is 12.7 Å². The molecule has 5 nitrogen and oxygen atoms in total. The second-order valence-electron chi connectivity index (χ2n) is 4.45. The highest BCUT2D eigenvalue weighted by Gasteiger charge is 2.16. The van der Waals surface area contributed by atoms with E-state index in [1.54, 1.807) is 0 Å². The summed E-state index contributed by atoms with van der Waals surface area (Å²) in [5.41, 5.74) is 7.53. The van der Waals surface area contributed by atoms with Gasteiger partial charge in [-0.2, -0.15) is 0 Å². The van der Waals surface area contributed by atoms with Crippen molar-refractivity contribution in [3.63, 3.8) is 0 Å². The average Bonchev–Trinajstić information content (AvgIpc) is 2.40. The summed E-state index contributed by atoms with van der Waals surface area (Å²) in [6, 6.07) is 6.93. The number of ether oxygens (including phenoxy) is 1. The van der Waals surface area contributed by atoms with Crippen molar-refractivity contribution in [2.45, 2.75) is 18.6 Å². The van der Waals surface area contributed by atoms with E-state index in [2.05, 4.69) is 5.32 Å². The number of rotatable bonds is 4. The fraction of sp³-hybridized carbons (Fsp3) is 0.462. The van der Waals surface area contributed by atoms with Crippen molar-refractivity contribution >= 4 is 5.97 Å². The molecule has 0 saturated carbocycles. The van der Waals surface area contributed by atoms with Gasteiger partial charge in [0, 0.05) is 13.1 Å². The topological polar surface area (TPSA) is 84.6 Å². The summed E-state index contributed by atoms with van der Waals surface area (Å²) in [5.74, 6) is -0.973. The van der Waals surface area contributed by atoms with Crippen molar-refractivity contribution in [3.8, 4) is 0 Å². The summed E-state index contributed by atoms with van der Waals surface area (Å²) in [6.45, 7) is 2.42. The molecule has 2 rings (SSSR count). The molecule has 2 atom stereocenters. The average molecular weight is 250 g/mol. The quantitative estimate of drug-likeness (QED) is 0.716. The highest BCUT2D eigenvalue weighted by atomic mass is 16.5. The number of hydrogen-bond acceptors (Lipinski definition) is 4. The molecule has 0 radical (unpaired) electrons. The van der Waals surface area contributed by atoms with Crippen LogP contribution < -0.4 is 11.1 Å². The van der Waals surface area contributed by atoms with Crippen LogP contribution in [0.25, 0.3) is 0 Å². The summed E-state index contributed by atoms with van der Waals surface area (Å²) < 4.78 is 5.64. The Balaban J connectivity index is 1.98. The van der Waals surface area contributed by atoms with Crippen molar-refractivity contribution in [2.75, 3.05) is 19.7 Å². The maximum atomic E-state index is 10.7. The number of aliphatic carboxylic acids is 1. The molecule has 0 amide bonds. The molecule has 4 N–H and O–H groups in total. The van der Waals surface area contributed by atoms with E-state index in [1.807, 2.05) is 24.3 Å². The van der Waals surface area contributed by atoms with E-state index in [-0.39, 0.29) is 6.10 Å². The van der Waals surface area contributed by atoms with Crippen LogP contribution in [0.3, 0.4) is 0 Å². The fourth-order valence-corrected chi connectivity index (χ4v) is 1.99. The van der Waals surface area contributed by atoms with Crippen LogP contribution >= 0.6 is 0 Å². The van der Waals surface area contributed by atoms with Gasteiger partial charge in [0.25, 0.3) is 0 Å². The number of hydrogen-bond donors (Lipinski definition) is 3. The van der Waals surface area contributed by atoms with Crippen LogP contribution in [0.2, 0.25) is 0 Å². The van der Waals surface area contributed by atoms with Gasteiger partial charge in [-0.25, -0.2) is 0 Å². The molecule has 1 saturated heterocycles. The minimum atomic E-state index is -0.973. The third-order valence-corrected chi connectivity index (χ3v) is 3.05. The number of nitrogens with one attached hydrogen (secondary N) is 1. The van der Waals surface area contributed by atoms with E-state index in [0.717, 1.165) is 30.8 Å². The third kappa shape index (κ3) is 3.29. The number of carboxylic acids is 1. The molecule has 1 heterocycles. The number of carbonyl (C=O) groups is 1. The summed E-state index contributed by atoms with van der Waals surface area (Å²) in [7, 11) is 0. The van der Waals surface area contributed by atoms with E-state index in [0.29, 0.717) is 6.42 Å². The molecular weight excluding hydrogens is 232 g/mol. The Kier molecular flexibility index (Phi) is 4.30. The van der Waals surface area contributed by atoms with Crippen LogP contribution in [0.15, 0.2) is 24.3 Å². The van der Waals surface area contributed by atoms with Crippen LogP contribution in [0.5, 0.6) is 0 Å². The standard InChI is InChI=1S/C13H18N2O3/c14-11(13(16)17)7-9-1-3-10(4-2-9)12-8-15-5-6-18-12/h1-4,11-12,15H,5-8,14H2,(H,16,17)/t11-,12?/m0/s1. The summed E-state index contributed by atoms with van der Waals surface area (Å²) >= 11 is 0. The zero-order valence-corrected chi connectivity index (χ0v) is 10.1. The fourth-order valence-electron chi connectivity index (χ4n) is 1.99. The Morgan fingerprint density at radius 1 is 1.50 bits per heavy atom. The van der Waals surface area contributed by atoms with E-state index in [4.69, 9.17) is 15.6 Å². The van der Waals surface area contributed by atoms with Crippen molar-refractivity contribution in [3.05, 3.63) is 35.4 Å². The van der Waals surface area contributed by atoms with Gasteiger partial charge >= 0.3 is 5.97 Å². The maximum absolute atomic E-state index is 10.7. The first-order valence-corrected chi connectivity index (χ1v) is 6.06. The van der Waals surface area contributed by atoms with E-state index < -0.39 is 12.0 Å². The molecule has 1 aromatic carbocycles. The molecule has 1 aromatic rings. The molecule has 0 spiro atoms. The van der Waals surface area contributed by atoms with Crippen molar-refractivity contribution in [1.82, 2.24) is 5.32 Å². The lowest BCUT2D eigenvalue weighted by Gasteiger charge is -2.24. The van der Waals surface area contributed by atoms with Gasteiger partial charge in [0.1, 0.15) is 6.04 Å². The monoisotopic (exact) mass is 250 g/mol. The molecule has 18 heavy (non-hydrogen) atoms. The van der Waals surface area contributed by atoms with Crippen LogP contribution in [0.1, 0.15) is 17.2 Å². The highest BCUT2D eigenvalue weighted by molar-refractivity contribution is 5.73. The Morgan fingerprint density at radius 3 is 2.78 bits per heavy atom. The SMILES string of the molecule is N[C@@H](Cc1ccc(C2CNCCO2)cc1)C(=O)O. The van der Waals surface area contributed by atoms with Gasteiger partial charge in [0.15, 0.2) is 0 Å². The Labute approximate surface area is 106 Å². The molecule has 0 aromatic heterocycles. The van der Waals surface area contributed by atoms with Crippen molar-refractivity contribution in [1.29, 1.82) is 0 Å². The Morgan fingerprint density at radius 2 is 2.22 bits per heavy atom. The minimum Gasteiger partial charge on any atom is -0.480 e. The smallest absolute Gasteiger partial charge is 0.320 e. The summed E-state index contributed by atoms with van der Waals surface area (Å²) in [5, 5.41) is 12.0. The van der Waals surface area contributed by atoms with Crippen LogP contribution in [-0.2, 0) is 16.0 Å². The van der Waals surface area contributed by atoms with Gasteiger partial charge in [-0.3, -0.25) is 4.79 Å². The predicted molar refractivity (Wildman–Crippen MR) is 67.3 cm³/mol. The lowest BCUT2D eigenvalue weighted by molar-refractivity contribution is -0.138. The predicted octanol–water partition coefficient (Wildman–Crippen LogP) is 0.302. The molecule has 5 heteroatoms. The lowest BCUT2D eigenvalue weighted by atomic mass is 10.0. The van der Waals surface area contributed by atoms with Gasteiger partial charge in [0.2, 0.25) is 0 Å². The number of benzene rings is 1. The molecule has 0 bridgehead atoms. The molecule has 1 aliphatic heterocycles. The molecule has 98 valence electrons. The van der Waals surface area contributed by atoms with Crippen LogP contribution in [0, 0.1) is 0 Å². The second-order valence-corrected chi connectivity index (χ2v) is 4.45. The summed E-state index contributed by atoms with van der Waals surface area (Å²) in [6.07, 6.45) is 0.431. The zero-order valence-electron chi connectivity index (χ0n) is 10.1. The minimum absolute atomic E-state index is 0.0842. The van der Waals surface area contributed by atoms with E-state index >= 15 is 0 Å². The molecule has 0 aliphatic carbocycles. The molecule has 1 aliphatic rings. The van der Waals surface area contributed by atoms with Crippen LogP contribution in [-0.4, -0.2) is 36.8 Å².